The van der Waals surface area contributed by atoms with Crippen LogP contribution < -0.4 is 4.57 Å². The van der Waals surface area contributed by atoms with Crippen molar-refractivity contribution in [2.24, 2.45) is 0 Å². The van der Waals surface area contributed by atoms with E-state index in [-0.39, 0.29) is 0 Å². The van der Waals surface area contributed by atoms with Gasteiger partial charge in [0.2, 0.25) is 6.54 Å². The molecule has 0 saturated heterocycles. The normalized spacial score (nSPS) is 13.1. The first-order valence-corrected chi connectivity index (χ1v) is 10.5. The summed E-state index contributed by atoms with van der Waals surface area (Å²) < 4.78 is 24.1. The molecule has 10 heteroatoms. The summed E-state index contributed by atoms with van der Waals surface area (Å²) in [7, 11) is -11.0. The van der Waals surface area contributed by atoms with Crippen molar-refractivity contribution in [1.29, 1.82) is 0 Å². The van der Waals surface area contributed by atoms with Crippen molar-refractivity contribution in [2.75, 3.05) is 0 Å². The van der Waals surface area contributed by atoms with E-state index in [4.69, 9.17) is 0 Å². The van der Waals surface area contributed by atoms with E-state index in [2.05, 4.69) is 0 Å². The molecule has 136 valence electrons. The molecule has 0 aliphatic carbocycles. The number of benzene rings is 1. The van der Waals surface area contributed by atoms with Crippen LogP contribution in [0.15, 0.2) is 42.7 Å². The summed E-state index contributed by atoms with van der Waals surface area (Å²) in [6.45, 7) is 2.89. The molecule has 0 aliphatic heterocycles. The van der Waals surface area contributed by atoms with Crippen molar-refractivity contribution in [2.45, 2.75) is 25.5 Å². The standard InChI is InChI=1S/C15H19NO7P2/c1-11-6-12(2)8-14(7-11)13-4-3-5-16(9-13)10-15(17,24(18,19)20)25(21,22)23/h3-9,17H,10H2,1-2H3,(H3-,18,19,20,21,22,23)/p+1. The Labute approximate surface area is 144 Å². The number of aromatic nitrogens is 1. The smallest absolute Gasteiger partial charge is 0.363 e. The van der Waals surface area contributed by atoms with Gasteiger partial charge in [0.1, 0.15) is 0 Å². The highest BCUT2D eigenvalue weighted by Crippen LogP contribution is 2.67. The number of aryl methyl sites for hydroxylation is 2. The zero-order valence-electron chi connectivity index (χ0n) is 13.6. The Morgan fingerprint density at radius 3 is 1.96 bits per heavy atom. The first-order valence-electron chi connectivity index (χ1n) is 7.25. The van der Waals surface area contributed by atoms with E-state index in [1.807, 2.05) is 32.0 Å². The number of nitrogens with zero attached hydrogens (tertiary/aromatic N) is 1. The van der Waals surface area contributed by atoms with Gasteiger partial charge < -0.3 is 24.7 Å². The fraction of sp³-hybridized carbons (Fsp3) is 0.267. The molecule has 0 spiro atoms. The Morgan fingerprint density at radius 2 is 1.48 bits per heavy atom. The molecule has 1 heterocycles. The molecule has 0 amide bonds. The molecule has 5 N–H and O–H groups in total. The minimum absolute atomic E-state index is 0.674. The van der Waals surface area contributed by atoms with Crippen molar-refractivity contribution in [3.05, 3.63) is 53.9 Å². The lowest BCUT2D eigenvalue weighted by atomic mass is 10.0. The maximum atomic E-state index is 11.5. The van der Waals surface area contributed by atoms with Crippen LogP contribution in [0.5, 0.6) is 0 Å². The predicted molar refractivity (Wildman–Crippen MR) is 90.6 cm³/mol. The van der Waals surface area contributed by atoms with E-state index < -0.39 is 26.8 Å². The molecule has 0 unspecified atom stereocenters. The highest BCUT2D eigenvalue weighted by atomic mass is 31.2. The molecular formula is C15H20NO7P2+. The zero-order valence-corrected chi connectivity index (χ0v) is 15.4. The summed E-state index contributed by atoms with van der Waals surface area (Å²) in [6, 6.07) is 9.11. The molecule has 1 aromatic carbocycles. The van der Waals surface area contributed by atoms with Gasteiger partial charge in [-0.1, -0.05) is 29.3 Å². The third-order valence-electron chi connectivity index (χ3n) is 3.74. The maximum Gasteiger partial charge on any atom is 0.376 e. The maximum absolute atomic E-state index is 11.5. The van der Waals surface area contributed by atoms with Crippen LogP contribution >= 0.6 is 15.2 Å². The van der Waals surface area contributed by atoms with Gasteiger partial charge in [0.05, 0.1) is 0 Å². The summed E-state index contributed by atoms with van der Waals surface area (Å²) in [5.41, 5.74) is 3.55. The number of hydrogen-bond acceptors (Lipinski definition) is 3. The van der Waals surface area contributed by atoms with Crippen molar-refractivity contribution in [3.63, 3.8) is 0 Å². The fourth-order valence-corrected chi connectivity index (χ4v) is 4.58. The predicted octanol–water partition coefficient (Wildman–Crippen LogP) is 1.26. The first-order chi connectivity index (χ1) is 11.3. The van der Waals surface area contributed by atoms with Gasteiger partial charge in [0.25, 0.3) is 0 Å². The van der Waals surface area contributed by atoms with Crippen LogP contribution in [0.1, 0.15) is 11.1 Å². The van der Waals surface area contributed by atoms with E-state index in [1.54, 1.807) is 12.1 Å². The second-order valence-corrected chi connectivity index (χ2v) is 10.0. The van der Waals surface area contributed by atoms with Crippen LogP contribution in [0.25, 0.3) is 11.1 Å². The quantitative estimate of drug-likeness (QED) is 0.384. The van der Waals surface area contributed by atoms with Crippen LogP contribution in [0.2, 0.25) is 0 Å². The van der Waals surface area contributed by atoms with Crippen LogP contribution in [-0.4, -0.2) is 29.8 Å². The van der Waals surface area contributed by atoms with E-state index in [1.165, 1.54) is 12.4 Å². The first kappa shape index (κ1) is 19.9. The van der Waals surface area contributed by atoms with Crippen LogP contribution in [-0.2, 0) is 15.7 Å². The lowest BCUT2D eigenvalue weighted by molar-refractivity contribution is -0.703. The Morgan fingerprint density at radius 1 is 0.960 bits per heavy atom. The molecule has 25 heavy (non-hydrogen) atoms. The molecular weight excluding hydrogens is 368 g/mol. The second kappa shape index (κ2) is 6.74. The van der Waals surface area contributed by atoms with Crippen molar-refractivity contribution >= 4 is 15.2 Å². The highest BCUT2D eigenvalue weighted by molar-refractivity contribution is 7.72. The summed E-state index contributed by atoms with van der Waals surface area (Å²) in [6.07, 6.45) is 2.83. The van der Waals surface area contributed by atoms with Gasteiger partial charge >= 0.3 is 20.3 Å². The summed E-state index contributed by atoms with van der Waals surface area (Å²) in [5, 5.41) is 6.55. The van der Waals surface area contributed by atoms with Crippen molar-refractivity contribution < 1.29 is 38.4 Å². The molecule has 1 aromatic heterocycles. The lowest BCUT2D eigenvalue weighted by Crippen LogP contribution is -2.47. The summed E-state index contributed by atoms with van der Waals surface area (Å²) >= 11 is 0. The second-order valence-electron chi connectivity index (χ2n) is 6.00. The highest BCUT2D eigenvalue weighted by Gasteiger charge is 2.62. The van der Waals surface area contributed by atoms with Gasteiger partial charge in [-0.25, -0.2) is 4.57 Å². The molecule has 2 aromatic rings. The SMILES string of the molecule is Cc1cc(C)cc(-c2ccc[n+](CC(O)(P(=O)(O)O)P(=O)(O)O)c2)c1. The largest absolute Gasteiger partial charge is 0.376 e. The van der Waals surface area contributed by atoms with E-state index in [9.17, 15) is 33.8 Å². The van der Waals surface area contributed by atoms with Crippen molar-refractivity contribution in [1.82, 2.24) is 0 Å². The van der Waals surface area contributed by atoms with Gasteiger partial charge in [-0.15, -0.1) is 0 Å². The molecule has 2 rings (SSSR count). The molecule has 0 saturated carbocycles. The fourth-order valence-electron chi connectivity index (χ4n) is 2.53. The topological polar surface area (TPSA) is 139 Å². The Bertz CT molecular complexity index is 845. The molecule has 0 atom stereocenters. The monoisotopic (exact) mass is 388 g/mol. The number of rotatable bonds is 5. The lowest BCUT2D eigenvalue weighted by Gasteiger charge is -2.26. The molecule has 8 nitrogen and oxygen atoms in total. The molecule has 0 radical (unpaired) electrons. The van der Waals surface area contributed by atoms with Crippen LogP contribution in [0.4, 0.5) is 0 Å². The Kier molecular flexibility index (Phi) is 5.38. The average molecular weight is 388 g/mol. The van der Waals surface area contributed by atoms with E-state index in [0.717, 1.165) is 21.3 Å². The Hall–Kier alpha value is -1.37. The zero-order chi connectivity index (χ0) is 19.0. The van der Waals surface area contributed by atoms with E-state index >= 15 is 0 Å². The minimum atomic E-state index is -5.51. The molecule has 0 aliphatic rings. The number of aliphatic hydroxyl groups is 1. The van der Waals surface area contributed by atoms with Gasteiger partial charge in [-0.2, -0.15) is 0 Å². The van der Waals surface area contributed by atoms with Crippen molar-refractivity contribution in [3.8, 4) is 11.1 Å². The number of pyridine rings is 1. The van der Waals surface area contributed by atoms with Gasteiger partial charge in [0, 0.05) is 11.6 Å². The molecule has 0 bridgehead atoms. The van der Waals surface area contributed by atoms with Crippen LogP contribution in [0.3, 0.4) is 0 Å². The summed E-state index contributed by atoms with van der Waals surface area (Å²) in [5.74, 6) is 0. The summed E-state index contributed by atoms with van der Waals surface area (Å²) in [4.78, 5) is 37.0. The average Bonchev–Trinajstić information content (AvgIpc) is 2.44. The number of hydrogen-bond donors (Lipinski definition) is 5. The van der Waals surface area contributed by atoms with Crippen LogP contribution in [0, 0.1) is 13.8 Å². The Balaban J connectivity index is 2.48. The third kappa shape index (κ3) is 4.25. The minimum Gasteiger partial charge on any atom is -0.363 e. The van der Waals surface area contributed by atoms with E-state index in [0.29, 0.717) is 5.56 Å². The van der Waals surface area contributed by atoms with Gasteiger partial charge in [-0.3, -0.25) is 9.13 Å². The van der Waals surface area contributed by atoms with Gasteiger partial charge in [0.15, 0.2) is 12.4 Å². The molecule has 0 fully saturated rings. The third-order valence-corrected chi connectivity index (χ3v) is 7.45. The van der Waals surface area contributed by atoms with Gasteiger partial charge in [-0.05, 0) is 25.5 Å².